The van der Waals surface area contributed by atoms with Gasteiger partial charge in [-0.25, -0.2) is 4.39 Å². The summed E-state index contributed by atoms with van der Waals surface area (Å²) in [6.45, 7) is 8.54. The average Bonchev–Trinajstić information content (AvgIpc) is 3.15. The van der Waals surface area contributed by atoms with Crippen molar-refractivity contribution in [3.8, 4) is 0 Å². The Morgan fingerprint density at radius 1 is 1.22 bits per heavy atom. The Kier molecular flexibility index (Phi) is 4.70. The van der Waals surface area contributed by atoms with Crippen LogP contribution >= 0.6 is 0 Å². The van der Waals surface area contributed by atoms with E-state index in [9.17, 15) is 14.0 Å². The fraction of sp³-hybridized carbons (Fsp3) is 0.619. The molecule has 0 saturated carbocycles. The lowest BCUT2D eigenvalue weighted by Gasteiger charge is -2.43. The number of hydrogen-bond acceptors (Lipinski definition) is 3. The Hall–Kier alpha value is -1.95. The van der Waals surface area contributed by atoms with Crippen molar-refractivity contribution in [2.75, 3.05) is 32.7 Å². The molecule has 27 heavy (non-hydrogen) atoms. The summed E-state index contributed by atoms with van der Waals surface area (Å²) < 4.78 is 13.1. The van der Waals surface area contributed by atoms with Crippen LogP contribution in [0.5, 0.6) is 0 Å². The van der Waals surface area contributed by atoms with Gasteiger partial charge in [0.1, 0.15) is 5.82 Å². The van der Waals surface area contributed by atoms with Crippen LogP contribution in [-0.2, 0) is 4.79 Å². The molecule has 2 amide bonds. The van der Waals surface area contributed by atoms with Crippen LogP contribution < -0.4 is 5.32 Å². The first-order valence-electron chi connectivity index (χ1n) is 9.97. The fourth-order valence-electron chi connectivity index (χ4n) is 5.19. The Morgan fingerprint density at radius 3 is 2.52 bits per heavy atom. The molecule has 0 radical (unpaired) electrons. The third kappa shape index (κ3) is 3.35. The quantitative estimate of drug-likeness (QED) is 0.883. The van der Waals surface area contributed by atoms with E-state index in [4.69, 9.17) is 0 Å². The van der Waals surface area contributed by atoms with E-state index < -0.39 is 0 Å². The van der Waals surface area contributed by atoms with Crippen LogP contribution in [0.1, 0.15) is 37.0 Å². The number of likely N-dealkylation sites (tertiary alicyclic amines) is 2. The van der Waals surface area contributed by atoms with Gasteiger partial charge in [0, 0.05) is 49.7 Å². The molecule has 3 aliphatic rings. The number of nitrogens with zero attached hydrogens (tertiary/aromatic N) is 2. The lowest BCUT2D eigenvalue weighted by atomic mass is 9.75. The lowest BCUT2D eigenvalue weighted by Crippen LogP contribution is -2.56. The van der Waals surface area contributed by atoms with Crippen LogP contribution in [0.25, 0.3) is 0 Å². The standard InChI is InChI=1S/C21H28FN3O2/c1-14(2)11-24-12-17-18(13-24)21(23-19(17)26)7-9-25(10-8-21)20(27)15-3-5-16(22)6-4-15/h3-6,14,17-18H,7-13H2,1-2H3,(H,23,26)/t17-,18+/m1/s1. The van der Waals surface area contributed by atoms with Crippen molar-refractivity contribution in [1.29, 1.82) is 0 Å². The maximum Gasteiger partial charge on any atom is 0.253 e. The van der Waals surface area contributed by atoms with Crippen molar-refractivity contribution in [3.63, 3.8) is 0 Å². The smallest absolute Gasteiger partial charge is 0.253 e. The first kappa shape index (κ1) is 18.4. The lowest BCUT2D eigenvalue weighted by molar-refractivity contribution is -0.123. The zero-order valence-electron chi connectivity index (χ0n) is 16.1. The van der Waals surface area contributed by atoms with Gasteiger partial charge >= 0.3 is 0 Å². The predicted molar refractivity (Wildman–Crippen MR) is 101 cm³/mol. The molecule has 3 heterocycles. The molecule has 0 aromatic heterocycles. The first-order chi connectivity index (χ1) is 12.9. The Bertz CT molecular complexity index is 725. The molecule has 3 aliphatic heterocycles. The van der Waals surface area contributed by atoms with Crippen LogP contribution in [0.15, 0.2) is 24.3 Å². The number of benzene rings is 1. The van der Waals surface area contributed by atoms with Crippen molar-refractivity contribution in [2.45, 2.75) is 32.2 Å². The van der Waals surface area contributed by atoms with Gasteiger partial charge in [0.2, 0.25) is 5.91 Å². The van der Waals surface area contributed by atoms with E-state index in [0.29, 0.717) is 30.5 Å². The molecule has 146 valence electrons. The maximum atomic E-state index is 13.1. The van der Waals surface area contributed by atoms with E-state index in [1.54, 1.807) is 0 Å². The monoisotopic (exact) mass is 373 g/mol. The normalized spacial score (nSPS) is 27.3. The number of piperidine rings is 1. The third-order valence-electron chi connectivity index (χ3n) is 6.47. The SMILES string of the molecule is CC(C)CN1C[C@H]2C(=O)NC3(CCN(C(=O)c4ccc(F)cc4)CC3)[C@H]2C1. The molecule has 5 nitrogen and oxygen atoms in total. The molecule has 1 N–H and O–H groups in total. The van der Waals surface area contributed by atoms with Gasteiger partial charge in [-0.1, -0.05) is 13.8 Å². The number of amides is 2. The van der Waals surface area contributed by atoms with Crippen molar-refractivity contribution in [1.82, 2.24) is 15.1 Å². The third-order valence-corrected chi connectivity index (χ3v) is 6.47. The van der Waals surface area contributed by atoms with E-state index in [1.807, 2.05) is 4.90 Å². The minimum absolute atomic E-state index is 0.0569. The highest BCUT2D eigenvalue weighted by molar-refractivity contribution is 5.94. The highest BCUT2D eigenvalue weighted by Gasteiger charge is 2.57. The molecular formula is C21H28FN3O2. The van der Waals surface area contributed by atoms with Gasteiger partial charge < -0.3 is 15.1 Å². The van der Waals surface area contributed by atoms with Crippen LogP contribution in [0, 0.1) is 23.6 Å². The molecule has 1 spiro atoms. The van der Waals surface area contributed by atoms with Gasteiger partial charge in [-0.05, 0) is 43.0 Å². The number of nitrogens with one attached hydrogen (secondary N) is 1. The van der Waals surface area contributed by atoms with Crippen LogP contribution in [-0.4, -0.2) is 59.9 Å². The number of halogens is 1. The molecule has 0 bridgehead atoms. The zero-order valence-corrected chi connectivity index (χ0v) is 16.1. The van der Waals surface area contributed by atoms with Gasteiger partial charge in [-0.2, -0.15) is 0 Å². The highest BCUT2D eigenvalue weighted by Crippen LogP contribution is 2.44. The van der Waals surface area contributed by atoms with Crippen LogP contribution in [0.4, 0.5) is 4.39 Å². The number of carbonyl (C=O) groups excluding carboxylic acids is 2. The summed E-state index contributed by atoms with van der Waals surface area (Å²) in [5, 5.41) is 3.30. The molecule has 4 rings (SSSR count). The minimum Gasteiger partial charge on any atom is -0.350 e. The summed E-state index contributed by atoms with van der Waals surface area (Å²) in [6.07, 6.45) is 1.59. The second-order valence-electron chi connectivity index (χ2n) is 8.77. The minimum atomic E-state index is -0.337. The molecular weight excluding hydrogens is 345 g/mol. The predicted octanol–water partition coefficient (Wildman–Crippen LogP) is 2.13. The summed E-state index contributed by atoms with van der Waals surface area (Å²) in [5.41, 5.74) is 0.345. The van der Waals surface area contributed by atoms with E-state index in [-0.39, 0.29) is 29.1 Å². The van der Waals surface area contributed by atoms with Gasteiger partial charge in [-0.3, -0.25) is 9.59 Å². The van der Waals surface area contributed by atoms with Gasteiger partial charge in [0.25, 0.3) is 5.91 Å². The van der Waals surface area contributed by atoms with Crippen molar-refractivity contribution in [3.05, 3.63) is 35.6 Å². The number of rotatable bonds is 3. The number of hydrogen-bond donors (Lipinski definition) is 1. The summed E-state index contributed by atoms with van der Waals surface area (Å²) in [5.74, 6) is 0.812. The van der Waals surface area contributed by atoms with Crippen molar-refractivity contribution in [2.24, 2.45) is 17.8 Å². The Balaban J connectivity index is 1.43. The zero-order chi connectivity index (χ0) is 19.2. The fourth-order valence-corrected chi connectivity index (χ4v) is 5.19. The first-order valence-corrected chi connectivity index (χ1v) is 9.97. The largest absolute Gasteiger partial charge is 0.350 e. The number of carbonyl (C=O) groups is 2. The molecule has 1 aromatic rings. The molecule has 1 aromatic carbocycles. The van der Waals surface area contributed by atoms with Crippen LogP contribution in [0.2, 0.25) is 0 Å². The second-order valence-corrected chi connectivity index (χ2v) is 8.77. The average molecular weight is 373 g/mol. The van der Waals surface area contributed by atoms with E-state index >= 15 is 0 Å². The summed E-state index contributed by atoms with van der Waals surface area (Å²) in [4.78, 5) is 29.5. The summed E-state index contributed by atoms with van der Waals surface area (Å²) >= 11 is 0. The molecule has 3 fully saturated rings. The van der Waals surface area contributed by atoms with Crippen LogP contribution in [0.3, 0.4) is 0 Å². The molecule has 2 atom stereocenters. The highest BCUT2D eigenvalue weighted by atomic mass is 19.1. The van der Waals surface area contributed by atoms with Crippen molar-refractivity contribution >= 4 is 11.8 Å². The summed E-state index contributed by atoms with van der Waals surface area (Å²) in [6, 6.07) is 5.72. The van der Waals surface area contributed by atoms with Gasteiger partial charge in [0.05, 0.1) is 5.92 Å². The van der Waals surface area contributed by atoms with Gasteiger partial charge in [0.15, 0.2) is 0 Å². The molecule has 3 saturated heterocycles. The Labute approximate surface area is 159 Å². The van der Waals surface area contributed by atoms with E-state index in [1.165, 1.54) is 24.3 Å². The Morgan fingerprint density at radius 2 is 1.89 bits per heavy atom. The summed E-state index contributed by atoms with van der Waals surface area (Å²) in [7, 11) is 0. The van der Waals surface area contributed by atoms with E-state index in [2.05, 4.69) is 24.1 Å². The maximum absolute atomic E-state index is 13.1. The number of fused-ring (bicyclic) bond motifs is 2. The van der Waals surface area contributed by atoms with Gasteiger partial charge in [-0.15, -0.1) is 0 Å². The molecule has 6 heteroatoms. The molecule has 0 aliphatic carbocycles. The topological polar surface area (TPSA) is 52.7 Å². The van der Waals surface area contributed by atoms with E-state index in [0.717, 1.165) is 32.5 Å². The van der Waals surface area contributed by atoms with Crippen molar-refractivity contribution < 1.29 is 14.0 Å². The molecule has 0 unspecified atom stereocenters. The second kappa shape index (κ2) is 6.89.